The first-order valence-corrected chi connectivity index (χ1v) is 19.6. The van der Waals surface area contributed by atoms with Crippen LogP contribution in [-0.2, 0) is 21.5 Å². The summed E-state index contributed by atoms with van der Waals surface area (Å²) in [5.41, 5.74) is 3.69. The van der Waals surface area contributed by atoms with Crippen LogP contribution in [0.4, 0.5) is 0 Å². The molecule has 3 heterocycles. The van der Waals surface area contributed by atoms with Gasteiger partial charge >= 0.3 is 10.2 Å². The molecule has 4 atom stereocenters. The van der Waals surface area contributed by atoms with E-state index in [1.54, 1.807) is 13.2 Å². The van der Waals surface area contributed by atoms with Gasteiger partial charge in [-0.25, -0.2) is 4.72 Å². The van der Waals surface area contributed by atoms with E-state index in [1.807, 2.05) is 50.8 Å². The standard InChI is InChI=1S/C39H52N4O6S/c1-37(2,3)38(4,46)21-26-17-18-42(26)36(45)39-22-31(39)30-20-27(49-7)14-16-28(30)34-33(24-11-9-8-10-12-24)29-15-13-25(19-32(29)43(34)23-39)35(44)40-50(47,48)41(5)6/h13-16,19-20,24,26,31,46H,8-12,17-18,21-23H2,1-7H3,(H,40,44). The van der Waals surface area contributed by atoms with Gasteiger partial charge in [0.15, 0.2) is 0 Å². The van der Waals surface area contributed by atoms with Crippen molar-refractivity contribution in [1.82, 2.24) is 18.5 Å². The van der Waals surface area contributed by atoms with Crippen LogP contribution in [0.2, 0.25) is 0 Å². The fourth-order valence-electron chi connectivity index (χ4n) is 8.66. The molecular weight excluding hydrogens is 653 g/mol. The number of likely N-dealkylation sites (tertiary alicyclic amines) is 1. The SMILES string of the molecule is COc1ccc2c(c1)C1CC1(C(=O)N1CCC1CC(C)(O)C(C)(C)C)Cn1c-2c(C2CCCCC2)c2ccc(C(=O)NS(=O)(=O)N(C)C)cc21. The Morgan fingerprint density at radius 2 is 1.76 bits per heavy atom. The van der Waals surface area contributed by atoms with E-state index in [1.165, 1.54) is 26.1 Å². The summed E-state index contributed by atoms with van der Waals surface area (Å²) >= 11 is 0. The highest BCUT2D eigenvalue weighted by Crippen LogP contribution is 2.66. The van der Waals surface area contributed by atoms with Crippen LogP contribution in [0, 0.1) is 10.8 Å². The van der Waals surface area contributed by atoms with E-state index in [0.717, 1.165) is 69.9 Å². The van der Waals surface area contributed by atoms with Crippen molar-refractivity contribution in [3.8, 4) is 17.0 Å². The lowest BCUT2D eigenvalue weighted by molar-refractivity contribution is -0.150. The molecule has 2 aromatic carbocycles. The second kappa shape index (κ2) is 12.1. The molecular formula is C39H52N4O6S. The summed E-state index contributed by atoms with van der Waals surface area (Å²) in [7, 11) is 0.437. The minimum atomic E-state index is -3.99. The summed E-state index contributed by atoms with van der Waals surface area (Å²) in [6.45, 7) is 9.11. The predicted octanol–water partition coefficient (Wildman–Crippen LogP) is 6.18. The van der Waals surface area contributed by atoms with Crippen LogP contribution >= 0.6 is 0 Å². The van der Waals surface area contributed by atoms with Crippen molar-refractivity contribution in [3.63, 3.8) is 0 Å². The summed E-state index contributed by atoms with van der Waals surface area (Å²) < 4.78 is 36.4. The van der Waals surface area contributed by atoms with E-state index in [4.69, 9.17) is 4.74 Å². The van der Waals surface area contributed by atoms with E-state index in [2.05, 4.69) is 21.4 Å². The second-order valence-electron chi connectivity index (χ2n) is 16.7. The lowest BCUT2D eigenvalue weighted by Crippen LogP contribution is -2.58. The maximum atomic E-state index is 14.9. The Morgan fingerprint density at radius 1 is 1.04 bits per heavy atom. The lowest BCUT2D eigenvalue weighted by Gasteiger charge is -2.48. The quantitative estimate of drug-likeness (QED) is 0.289. The molecule has 2 amide bonds. The van der Waals surface area contributed by atoms with Crippen molar-refractivity contribution in [1.29, 1.82) is 0 Å². The smallest absolute Gasteiger partial charge is 0.303 e. The zero-order chi connectivity index (χ0) is 36.0. The number of methoxy groups -OCH3 is 1. The number of benzene rings is 2. The number of hydrogen-bond acceptors (Lipinski definition) is 6. The molecule has 4 unspecified atom stereocenters. The first-order valence-electron chi connectivity index (χ1n) is 18.1. The van der Waals surface area contributed by atoms with Crippen LogP contribution in [0.1, 0.15) is 112 Å². The Labute approximate surface area is 296 Å². The largest absolute Gasteiger partial charge is 0.497 e. The number of hydrogen-bond donors (Lipinski definition) is 2. The first-order chi connectivity index (χ1) is 23.5. The molecule has 3 aromatic rings. The molecule has 2 aliphatic carbocycles. The van der Waals surface area contributed by atoms with Crippen molar-refractivity contribution >= 4 is 32.9 Å². The third-order valence-corrected chi connectivity index (χ3v) is 14.0. The minimum absolute atomic E-state index is 0.00431. The van der Waals surface area contributed by atoms with Gasteiger partial charge in [-0.1, -0.05) is 46.1 Å². The number of aliphatic hydroxyl groups is 1. The molecule has 4 aliphatic rings. The Bertz CT molecular complexity index is 1970. The maximum absolute atomic E-state index is 14.9. The van der Waals surface area contributed by atoms with Gasteiger partial charge in [-0.15, -0.1) is 0 Å². The van der Waals surface area contributed by atoms with E-state index < -0.39 is 27.1 Å². The highest BCUT2D eigenvalue weighted by molar-refractivity contribution is 7.87. The number of fused-ring (bicyclic) bond motifs is 7. The van der Waals surface area contributed by atoms with Gasteiger partial charge < -0.3 is 19.3 Å². The number of carbonyl (C=O) groups is 2. The zero-order valence-electron chi connectivity index (χ0n) is 30.5. The number of nitrogens with one attached hydrogen (secondary N) is 1. The van der Waals surface area contributed by atoms with E-state index >= 15 is 0 Å². The van der Waals surface area contributed by atoms with Crippen LogP contribution in [0.5, 0.6) is 5.75 Å². The lowest BCUT2D eigenvalue weighted by atomic mass is 9.72. The number of rotatable bonds is 8. The van der Waals surface area contributed by atoms with E-state index in [0.29, 0.717) is 31.8 Å². The number of ether oxygens (including phenoxy) is 1. The van der Waals surface area contributed by atoms with Crippen LogP contribution in [0.15, 0.2) is 36.4 Å². The van der Waals surface area contributed by atoms with Gasteiger partial charge in [0.2, 0.25) is 5.91 Å². The van der Waals surface area contributed by atoms with Crippen molar-refractivity contribution < 1.29 is 27.9 Å². The van der Waals surface area contributed by atoms with Crippen LogP contribution in [-0.4, -0.2) is 78.5 Å². The summed E-state index contributed by atoms with van der Waals surface area (Å²) in [6, 6.07) is 11.7. The van der Waals surface area contributed by atoms with Crippen LogP contribution in [0.25, 0.3) is 22.2 Å². The Morgan fingerprint density at radius 3 is 2.38 bits per heavy atom. The molecule has 2 N–H and O–H groups in total. The average Bonchev–Trinajstić information content (AvgIpc) is 3.72. The van der Waals surface area contributed by atoms with E-state index in [9.17, 15) is 23.1 Å². The molecule has 0 radical (unpaired) electrons. The van der Waals surface area contributed by atoms with Crippen molar-refractivity contribution in [3.05, 3.63) is 53.1 Å². The summed E-state index contributed by atoms with van der Waals surface area (Å²) in [5, 5.41) is 12.5. The summed E-state index contributed by atoms with van der Waals surface area (Å²) in [5.74, 6) is 0.502. The van der Waals surface area contributed by atoms with Gasteiger partial charge in [0, 0.05) is 61.2 Å². The highest BCUT2D eigenvalue weighted by Gasteiger charge is 2.65. The maximum Gasteiger partial charge on any atom is 0.303 e. The van der Waals surface area contributed by atoms with Crippen molar-refractivity contribution in [2.45, 2.75) is 109 Å². The molecule has 3 fully saturated rings. The molecule has 10 nitrogen and oxygen atoms in total. The van der Waals surface area contributed by atoms with E-state index in [-0.39, 0.29) is 28.8 Å². The molecule has 11 heteroatoms. The van der Waals surface area contributed by atoms with Gasteiger partial charge in [-0.2, -0.15) is 12.7 Å². The highest BCUT2D eigenvalue weighted by atomic mass is 32.2. The molecule has 2 aliphatic heterocycles. The number of aromatic nitrogens is 1. The van der Waals surface area contributed by atoms with Gasteiger partial charge in [-0.05, 0) is 91.8 Å². The third kappa shape index (κ3) is 5.64. The number of carbonyl (C=O) groups excluding carboxylic acids is 2. The number of amides is 2. The van der Waals surface area contributed by atoms with Gasteiger partial charge in [-0.3, -0.25) is 9.59 Å². The molecule has 270 valence electrons. The second-order valence-corrected chi connectivity index (χ2v) is 18.6. The molecule has 50 heavy (non-hydrogen) atoms. The predicted molar refractivity (Wildman–Crippen MR) is 194 cm³/mol. The molecule has 1 saturated heterocycles. The molecule has 2 saturated carbocycles. The first kappa shape index (κ1) is 35.0. The van der Waals surface area contributed by atoms with Gasteiger partial charge in [0.05, 0.1) is 23.8 Å². The van der Waals surface area contributed by atoms with Gasteiger partial charge in [0.25, 0.3) is 5.91 Å². The molecule has 7 rings (SSSR count). The Hall–Kier alpha value is -3.41. The Kier molecular flexibility index (Phi) is 8.47. The monoisotopic (exact) mass is 704 g/mol. The fourth-order valence-corrected chi connectivity index (χ4v) is 9.20. The third-order valence-electron chi connectivity index (χ3n) is 12.6. The van der Waals surface area contributed by atoms with Gasteiger partial charge in [0.1, 0.15) is 5.75 Å². The topological polar surface area (TPSA) is 121 Å². The minimum Gasteiger partial charge on any atom is -0.497 e. The normalized spacial score (nSPS) is 24.8. The van der Waals surface area contributed by atoms with Crippen molar-refractivity contribution in [2.75, 3.05) is 27.7 Å². The van der Waals surface area contributed by atoms with Crippen molar-refractivity contribution in [2.24, 2.45) is 10.8 Å². The molecule has 1 aromatic heterocycles. The summed E-state index contributed by atoms with van der Waals surface area (Å²) in [6.07, 6.45) is 7.72. The van der Waals surface area contributed by atoms with Crippen LogP contribution < -0.4 is 9.46 Å². The number of nitrogens with zero attached hydrogens (tertiary/aromatic N) is 3. The van der Waals surface area contributed by atoms with Crippen LogP contribution in [0.3, 0.4) is 0 Å². The fraction of sp³-hybridized carbons (Fsp3) is 0.590. The zero-order valence-corrected chi connectivity index (χ0v) is 31.3. The Balaban J connectivity index is 1.38. The summed E-state index contributed by atoms with van der Waals surface area (Å²) in [4.78, 5) is 30.3. The molecule has 0 bridgehead atoms. The average molecular weight is 705 g/mol. The molecule has 0 spiro atoms.